The zero-order valence-corrected chi connectivity index (χ0v) is 17.9. The molecule has 5 nitrogen and oxygen atoms in total. The van der Waals surface area contributed by atoms with Crippen LogP contribution < -0.4 is 10.6 Å². The second-order valence-corrected chi connectivity index (χ2v) is 8.55. The lowest BCUT2D eigenvalue weighted by molar-refractivity contribution is -0.132. The number of benzene rings is 2. The van der Waals surface area contributed by atoms with Gasteiger partial charge in [0.05, 0.1) is 5.41 Å². The smallest absolute Gasteiger partial charge is 0.321 e. The van der Waals surface area contributed by atoms with Gasteiger partial charge in [0.1, 0.15) is 0 Å². The summed E-state index contributed by atoms with van der Waals surface area (Å²) >= 11 is 3.39. The number of aryl methyl sites for hydroxylation is 1. The molecule has 6 heteroatoms. The largest absolute Gasteiger partial charge is 0.351 e. The molecule has 3 amide bonds. The monoisotopic (exact) mass is 443 g/mol. The van der Waals surface area contributed by atoms with Crippen molar-refractivity contribution >= 4 is 33.6 Å². The second kappa shape index (κ2) is 8.78. The lowest BCUT2D eigenvalue weighted by Crippen LogP contribution is -2.52. The van der Waals surface area contributed by atoms with Gasteiger partial charge in [0.25, 0.3) is 0 Å². The normalized spacial score (nSPS) is 19.2. The van der Waals surface area contributed by atoms with Crippen molar-refractivity contribution in [3.8, 4) is 0 Å². The van der Waals surface area contributed by atoms with Crippen LogP contribution in [0.25, 0.3) is 0 Å². The molecular formula is C22H26BrN3O2. The van der Waals surface area contributed by atoms with Crippen LogP contribution in [0, 0.1) is 12.3 Å². The molecule has 1 aliphatic rings. The van der Waals surface area contributed by atoms with Crippen LogP contribution in [0.4, 0.5) is 10.5 Å². The summed E-state index contributed by atoms with van der Waals surface area (Å²) in [4.78, 5) is 27.3. The molecule has 0 spiro atoms. The van der Waals surface area contributed by atoms with Crippen molar-refractivity contribution in [2.45, 2.75) is 33.2 Å². The lowest BCUT2D eigenvalue weighted by Gasteiger charge is -2.39. The molecule has 0 bridgehead atoms. The van der Waals surface area contributed by atoms with Gasteiger partial charge in [-0.15, -0.1) is 0 Å². The third-order valence-corrected chi connectivity index (χ3v) is 5.86. The number of anilines is 1. The number of likely N-dealkylation sites (tertiary alicyclic amines) is 1. The third kappa shape index (κ3) is 4.93. The Hall–Kier alpha value is -2.34. The second-order valence-electron chi connectivity index (χ2n) is 7.63. The van der Waals surface area contributed by atoms with Gasteiger partial charge in [-0.05, 0) is 62.1 Å². The minimum Gasteiger partial charge on any atom is -0.351 e. The molecular weight excluding hydrogens is 418 g/mol. The van der Waals surface area contributed by atoms with E-state index in [0.717, 1.165) is 34.1 Å². The maximum atomic E-state index is 12.9. The first-order chi connectivity index (χ1) is 13.4. The summed E-state index contributed by atoms with van der Waals surface area (Å²) in [7, 11) is 0. The third-order valence-electron chi connectivity index (χ3n) is 5.33. The highest BCUT2D eigenvalue weighted by Crippen LogP contribution is 2.30. The molecule has 0 radical (unpaired) electrons. The van der Waals surface area contributed by atoms with Gasteiger partial charge in [0.2, 0.25) is 5.91 Å². The van der Waals surface area contributed by atoms with Gasteiger partial charge in [-0.25, -0.2) is 4.79 Å². The first-order valence-electron chi connectivity index (χ1n) is 9.52. The van der Waals surface area contributed by atoms with Crippen LogP contribution >= 0.6 is 15.9 Å². The number of rotatable bonds is 4. The van der Waals surface area contributed by atoms with E-state index in [1.165, 1.54) is 0 Å². The predicted molar refractivity (Wildman–Crippen MR) is 115 cm³/mol. The molecule has 0 aliphatic carbocycles. The van der Waals surface area contributed by atoms with E-state index in [0.29, 0.717) is 19.6 Å². The lowest BCUT2D eigenvalue weighted by atomic mass is 9.81. The Morgan fingerprint density at radius 1 is 1.14 bits per heavy atom. The van der Waals surface area contributed by atoms with Crippen molar-refractivity contribution in [1.29, 1.82) is 0 Å². The molecule has 1 atom stereocenters. The van der Waals surface area contributed by atoms with Crippen molar-refractivity contribution < 1.29 is 9.59 Å². The molecule has 2 N–H and O–H groups in total. The van der Waals surface area contributed by atoms with Gasteiger partial charge >= 0.3 is 6.03 Å². The van der Waals surface area contributed by atoms with E-state index in [4.69, 9.17) is 0 Å². The number of piperidine rings is 1. The summed E-state index contributed by atoms with van der Waals surface area (Å²) in [6, 6.07) is 15.3. The number of nitrogens with one attached hydrogen (secondary N) is 2. The van der Waals surface area contributed by atoms with Crippen LogP contribution in [0.2, 0.25) is 0 Å². The maximum absolute atomic E-state index is 12.9. The van der Waals surface area contributed by atoms with Crippen molar-refractivity contribution in [3.63, 3.8) is 0 Å². The molecule has 148 valence electrons. The highest BCUT2D eigenvalue weighted by molar-refractivity contribution is 9.10. The number of halogens is 1. The standard InChI is InChI=1S/C22H26BrN3O2/c1-16-6-3-4-7-17(16)14-24-20(27)22(2)12-5-13-26(15-22)21(28)25-19-10-8-18(23)9-11-19/h3-4,6-11H,5,12-15H2,1-2H3,(H,24,27)(H,25,28). The molecule has 1 unspecified atom stereocenters. The number of urea groups is 1. The summed E-state index contributed by atoms with van der Waals surface area (Å²) in [6.07, 6.45) is 1.58. The minimum atomic E-state index is -0.585. The first-order valence-corrected chi connectivity index (χ1v) is 10.3. The molecule has 1 saturated heterocycles. The fourth-order valence-electron chi connectivity index (χ4n) is 3.53. The molecule has 0 aromatic heterocycles. The van der Waals surface area contributed by atoms with E-state index < -0.39 is 5.41 Å². The van der Waals surface area contributed by atoms with Crippen molar-refractivity contribution in [2.75, 3.05) is 18.4 Å². The Kier molecular flexibility index (Phi) is 6.39. The SMILES string of the molecule is Cc1ccccc1CNC(=O)C1(C)CCCN(C(=O)Nc2ccc(Br)cc2)C1. The first kappa shape index (κ1) is 20.4. The highest BCUT2D eigenvalue weighted by atomic mass is 79.9. The number of nitrogens with zero attached hydrogens (tertiary/aromatic N) is 1. The number of hydrogen-bond acceptors (Lipinski definition) is 2. The topological polar surface area (TPSA) is 61.4 Å². The van der Waals surface area contributed by atoms with E-state index in [9.17, 15) is 9.59 Å². The quantitative estimate of drug-likeness (QED) is 0.718. The molecule has 0 saturated carbocycles. The molecule has 1 fully saturated rings. The van der Waals surface area contributed by atoms with Gasteiger partial charge in [-0.2, -0.15) is 0 Å². The van der Waals surface area contributed by atoms with Crippen molar-refractivity contribution in [3.05, 3.63) is 64.1 Å². The van der Waals surface area contributed by atoms with Gasteiger partial charge in [-0.3, -0.25) is 4.79 Å². The Morgan fingerprint density at radius 3 is 2.57 bits per heavy atom. The Morgan fingerprint density at radius 2 is 1.86 bits per heavy atom. The minimum absolute atomic E-state index is 0.00288. The fraction of sp³-hybridized carbons (Fsp3) is 0.364. The van der Waals surface area contributed by atoms with E-state index in [-0.39, 0.29) is 11.9 Å². The average molecular weight is 444 g/mol. The summed E-state index contributed by atoms with van der Waals surface area (Å²) in [6.45, 7) is 5.56. The molecule has 2 aromatic carbocycles. The van der Waals surface area contributed by atoms with Crippen LogP contribution in [-0.2, 0) is 11.3 Å². The zero-order valence-electron chi connectivity index (χ0n) is 16.3. The molecule has 1 heterocycles. The highest BCUT2D eigenvalue weighted by Gasteiger charge is 2.39. The average Bonchev–Trinajstić information content (AvgIpc) is 2.69. The number of amides is 3. The Balaban J connectivity index is 1.60. The predicted octanol–water partition coefficient (Wildman–Crippen LogP) is 4.71. The molecule has 1 aliphatic heterocycles. The van der Waals surface area contributed by atoms with E-state index >= 15 is 0 Å². The van der Waals surface area contributed by atoms with E-state index in [1.807, 2.05) is 62.4 Å². The summed E-state index contributed by atoms with van der Waals surface area (Å²) in [5.41, 5.74) is 2.43. The van der Waals surface area contributed by atoms with E-state index in [2.05, 4.69) is 26.6 Å². The maximum Gasteiger partial charge on any atom is 0.321 e. The Labute approximate surface area is 174 Å². The number of hydrogen-bond donors (Lipinski definition) is 2. The van der Waals surface area contributed by atoms with Crippen LogP contribution in [0.5, 0.6) is 0 Å². The van der Waals surface area contributed by atoms with Gasteiger partial charge < -0.3 is 15.5 Å². The fourth-order valence-corrected chi connectivity index (χ4v) is 3.80. The van der Waals surface area contributed by atoms with Gasteiger partial charge in [0, 0.05) is 29.8 Å². The molecule has 28 heavy (non-hydrogen) atoms. The van der Waals surface area contributed by atoms with Crippen LogP contribution in [-0.4, -0.2) is 29.9 Å². The number of carbonyl (C=O) groups excluding carboxylic acids is 2. The summed E-state index contributed by atoms with van der Waals surface area (Å²) in [5, 5.41) is 5.98. The van der Waals surface area contributed by atoms with Gasteiger partial charge in [0.15, 0.2) is 0 Å². The van der Waals surface area contributed by atoms with Crippen molar-refractivity contribution in [2.24, 2.45) is 5.41 Å². The van der Waals surface area contributed by atoms with Gasteiger partial charge in [-0.1, -0.05) is 40.2 Å². The van der Waals surface area contributed by atoms with E-state index in [1.54, 1.807) is 4.90 Å². The summed E-state index contributed by atoms with van der Waals surface area (Å²) in [5.74, 6) is -0.00288. The number of carbonyl (C=O) groups is 2. The summed E-state index contributed by atoms with van der Waals surface area (Å²) < 4.78 is 0.960. The van der Waals surface area contributed by atoms with Crippen molar-refractivity contribution in [1.82, 2.24) is 10.2 Å². The molecule has 2 aromatic rings. The van der Waals surface area contributed by atoms with Crippen LogP contribution in [0.3, 0.4) is 0 Å². The molecule has 3 rings (SSSR count). The van der Waals surface area contributed by atoms with Crippen LogP contribution in [0.1, 0.15) is 30.9 Å². The zero-order chi connectivity index (χ0) is 20.1. The van der Waals surface area contributed by atoms with Crippen LogP contribution in [0.15, 0.2) is 53.0 Å². The Bertz CT molecular complexity index is 853.